The van der Waals surface area contributed by atoms with Crippen LogP contribution in [0.25, 0.3) is 22.5 Å². The van der Waals surface area contributed by atoms with Crippen molar-refractivity contribution in [2.45, 2.75) is 6.92 Å². The maximum absolute atomic E-state index is 14.2. The Balaban J connectivity index is 2.24. The van der Waals surface area contributed by atoms with E-state index in [1.165, 1.54) is 12.3 Å². The van der Waals surface area contributed by atoms with Gasteiger partial charge in [-0.25, -0.2) is 4.39 Å². The summed E-state index contributed by atoms with van der Waals surface area (Å²) >= 11 is 5.80. The van der Waals surface area contributed by atoms with Crippen molar-refractivity contribution < 1.29 is 13.3 Å². The van der Waals surface area contributed by atoms with Crippen molar-refractivity contribution in [2.24, 2.45) is 0 Å². The third-order valence-electron chi connectivity index (χ3n) is 2.93. The number of hydrogen-bond acceptors (Lipinski definition) is 4. The van der Waals surface area contributed by atoms with E-state index in [9.17, 15) is 4.39 Å². The lowest BCUT2D eigenvalue weighted by Crippen LogP contribution is -1.92. The van der Waals surface area contributed by atoms with Crippen molar-refractivity contribution in [3.05, 3.63) is 47.1 Å². The zero-order valence-corrected chi connectivity index (χ0v) is 11.2. The van der Waals surface area contributed by atoms with Crippen LogP contribution in [0.5, 0.6) is 0 Å². The molecule has 0 amide bonds. The lowest BCUT2D eigenvalue weighted by molar-refractivity contribution is 0.435. The number of nitrogen functional groups attached to an aromatic ring is 1. The number of aromatic nitrogens is 1. The number of furan rings is 1. The quantitative estimate of drug-likeness (QED) is 0.765. The van der Waals surface area contributed by atoms with Gasteiger partial charge in [0.1, 0.15) is 17.8 Å². The van der Waals surface area contributed by atoms with Gasteiger partial charge in [0, 0.05) is 5.56 Å². The van der Waals surface area contributed by atoms with Crippen LogP contribution in [0.1, 0.15) is 5.76 Å². The number of aryl methyl sites for hydroxylation is 1. The summed E-state index contributed by atoms with van der Waals surface area (Å²) < 4.78 is 24.6. The monoisotopic (exact) mass is 292 g/mol. The van der Waals surface area contributed by atoms with E-state index in [0.29, 0.717) is 22.6 Å². The first-order valence-electron chi connectivity index (χ1n) is 5.83. The average molecular weight is 293 g/mol. The van der Waals surface area contributed by atoms with Gasteiger partial charge in [-0.3, -0.25) is 0 Å². The number of nitrogens with two attached hydrogens (primary N) is 1. The Morgan fingerprint density at radius 2 is 2.15 bits per heavy atom. The van der Waals surface area contributed by atoms with Gasteiger partial charge in [-0.15, -0.1) is 0 Å². The van der Waals surface area contributed by atoms with Gasteiger partial charge < -0.3 is 14.7 Å². The van der Waals surface area contributed by atoms with Crippen molar-refractivity contribution in [2.75, 3.05) is 5.73 Å². The fourth-order valence-corrected chi connectivity index (χ4v) is 2.19. The predicted molar refractivity (Wildman–Crippen MR) is 73.8 cm³/mol. The molecule has 102 valence electrons. The molecule has 3 aromatic rings. The maximum Gasteiger partial charge on any atom is 0.180 e. The van der Waals surface area contributed by atoms with E-state index in [-0.39, 0.29) is 16.4 Å². The van der Waals surface area contributed by atoms with E-state index in [0.717, 1.165) is 0 Å². The van der Waals surface area contributed by atoms with Crippen LogP contribution in [-0.4, -0.2) is 5.16 Å². The van der Waals surface area contributed by atoms with Gasteiger partial charge in [-0.1, -0.05) is 28.9 Å². The molecular formula is C14H10ClFN2O2. The van der Waals surface area contributed by atoms with Crippen LogP contribution in [0, 0.1) is 12.7 Å². The molecule has 0 bridgehead atoms. The number of halogens is 2. The highest BCUT2D eigenvalue weighted by Crippen LogP contribution is 2.39. The Kier molecular flexibility index (Phi) is 2.99. The maximum atomic E-state index is 14.2. The molecule has 3 rings (SSSR count). The third kappa shape index (κ3) is 1.96. The zero-order chi connectivity index (χ0) is 14.3. The van der Waals surface area contributed by atoms with Crippen molar-refractivity contribution in [1.82, 2.24) is 5.16 Å². The molecule has 2 N–H and O–H groups in total. The normalized spacial score (nSPS) is 10.9. The first-order chi connectivity index (χ1) is 9.58. The van der Waals surface area contributed by atoms with Gasteiger partial charge in [0.2, 0.25) is 0 Å². The summed E-state index contributed by atoms with van der Waals surface area (Å²) in [5.74, 6) is 0.582. The SMILES string of the molecule is Cc1cc(-c2onc(N)c2-c2cccc(Cl)c2F)co1. The number of benzene rings is 1. The summed E-state index contributed by atoms with van der Waals surface area (Å²) in [6.45, 7) is 1.79. The fraction of sp³-hybridized carbons (Fsp3) is 0.0714. The zero-order valence-electron chi connectivity index (χ0n) is 10.5. The Bertz CT molecular complexity index is 779. The lowest BCUT2D eigenvalue weighted by atomic mass is 10.0. The number of nitrogens with zero attached hydrogens (tertiary/aromatic N) is 1. The van der Waals surface area contributed by atoms with Crippen molar-refractivity contribution in [3.63, 3.8) is 0 Å². The van der Waals surface area contributed by atoms with Gasteiger partial charge in [0.15, 0.2) is 11.6 Å². The van der Waals surface area contributed by atoms with Crippen molar-refractivity contribution >= 4 is 17.4 Å². The Labute approximate surface area is 118 Å². The molecular weight excluding hydrogens is 283 g/mol. The number of anilines is 1. The summed E-state index contributed by atoms with van der Waals surface area (Å²) in [6, 6.07) is 6.43. The standard InChI is InChI=1S/C14H10ClFN2O2/c1-7-5-8(6-19-7)13-11(14(17)18-20-13)9-3-2-4-10(15)12(9)16/h2-6H,1H3,(H2,17,18). The Morgan fingerprint density at radius 3 is 2.85 bits per heavy atom. The minimum Gasteiger partial charge on any atom is -0.469 e. The topological polar surface area (TPSA) is 65.2 Å². The first kappa shape index (κ1) is 12.7. The molecule has 0 aliphatic rings. The van der Waals surface area contributed by atoms with Crippen LogP contribution in [0.4, 0.5) is 10.2 Å². The molecule has 2 heterocycles. The number of hydrogen-bond donors (Lipinski definition) is 1. The minimum absolute atomic E-state index is 0.0115. The van der Waals surface area contributed by atoms with Crippen LogP contribution in [0.15, 0.2) is 39.5 Å². The van der Waals surface area contributed by atoms with E-state index < -0.39 is 5.82 Å². The lowest BCUT2D eigenvalue weighted by Gasteiger charge is -2.04. The highest BCUT2D eigenvalue weighted by Gasteiger charge is 2.22. The summed E-state index contributed by atoms with van der Waals surface area (Å²) in [5.41, 5.74) is 7.04. The average Bonchev–Trinajstić information content (AvgIpc) is 2.99. The van der Waals surface area contributed by atoms with Crippen LogP contribution < -0.4 is 5.73 Å². The second kappa shape index (κ2) is 4.68. The van der Waals surface area contributed by atoms with Gasteiger partial charge in [0.05, 0.1) is 16.1 Å². The first-order valence-corrected chi connectivity index (χ1v) is 6.20. The molecule has 0 atom stereocenters. The van der Waals surface area contributed by atoms with Crippen LogP contribution in [-0.2, 0) is 0 Å². The van der Waals surface area contributed by atoms with E-state index in [4.69, 9.17) is 26.3 Å². The predicted octanol–water partition coefficient (Wildman–Crippen LogP) is 4.28. The Hall–Kier alpha value is -2.27. The second-order valence-electron chi connectivity index (χ2n) is 4.32. The van der Waals surface area contributed by atoms with Gasteiger partial charge in [-0.2, -0.15) is 0 Å². The molecule has 0 fully saturated rings. The Morgan fingerprint density at radius 1 is 1.35 bits per heavy atom. The molecule has 6 heteroatoms. The van der Waals surface area contributed by atoms with Crippen LogP contribution in [0.2, 0.25) is 5.02 Å². The molecule has 1 aromatic carbocycles. The molecule has 0 radical (unpaired) electrons. The summed E-state index contributed by atoms with van der Waals surface area (Å²) in [5, 5.41) is 3.71. The third-order valence-corrected chi connectivity index (χ3v) is 3.22. The van der Waals surface area contributed by atoms with E-state index >= 15 is 0 Å². The molecule has 2 aromatic heterocycles. The fourth-order valence-electron chi connectivity index (χ4n) is 2.02. The molecule has 20 heavy (non-hydrogen) atoms. The highest BCUT2D eigenvalue weighted by atomic mass is 35.5. The highest BCUT2D eigenvalue weighted by molar-refractivity contribution is 6.31. The van der Waals surface area contributed by atoms with Crippen LogP contribution >= 0.6 is 11.6 Å². The number of rotatable bonds is 2. The van der Waals surface area contributed by atoms with Gasteiger partial charge >= 0.3 is 0 Å². The summed E-state index contributed by atoms with van der Waals surface area (Å²) in [4.78, 5) is 0. The van der Waals surface area contributed by atoms with Crippen LogP contribution in [0.3, 0.4) is 0 Å². The van der Waals surface area contributed by atoms with Crippen molar-refractivity contribution in [3.8, 4) is 22.5 Å². The molecule has 0 aliphatic carbocycles. The molecule has 0 aliphatic heterocycles. The molecule has 0 unspecified atom stereocenters. The molecule has 0 saturated carbocycles. The van der Waals surface area contributed by atoms with E-state index in [2.05, 4.69) is 5.16 Å². The van der Waals surface area contributed by atoms with Crippen molar-refractivity contribution in [1.29, 1.82) is 0 Å². The molecule has 4 nitrogen and oxygen atoms in total. The van der Waals surface area contributed by atoms with Gasteiger partial charge in [0.25, 0.3) is 0 Å². The largest absolute Gasteiger partial charge is 0.469 e. The molecule has 0 saturated heterocycles. The smallest absolute Gasteiger partial charge is 0.180 e. The summed E-state index contributed by atoms with van der Waals surface area (Å²) in [7, 11) is 0. The molecule has 0 spiro atoms. The van der Waals surface area contributed by atoms with E-state index in [1.54, 1.807) is 25.1 Å². The second-order valence-corrected chi connectivity index (χ2v) is 4.73. The minimum atomic E-state index is -0.564. The van der Waals surface area contributed by atoms with Gasteiger partial charge in [-0.05, 0) is 19.1 Å². The summed E-state index contributed by atoms with van der Waals surface area (Å²) in [6.07, 6.45) is 1.50. The van der Waals surface area contributed by atoms with E-state index in [1.807, 2.05) is 0 Å².